The van der Waals surface area contributed by atoms with Crippen molar-refractivity contribution in [3.63, 3.8) is 0 Å². The Labute approximate surface area is 139 Å². The standard InChI is InChI=1S/C17H31N5O/c1-13(17(2,3)12-21(4)5)19-16(23)15-8-10-22(20-15)14-7-6-9-18-11-14/h8,10,13-14,18H,6-7,9,11-12H2,1-5H3,(H,19,23). The molecule has 6 nitrogen and oxygen atoms in total. The van der Waals surface area contributed by atoms with Crippen molar-refractivity contribution in [2.24, 2.45) is 5.41 Å². The first-order valence-corrected chi connectivity index (χ1v) is 8.51. The molecule has 0 aliphatic carbocycles. The Bertz CT molecular complexity index is 517. The second-order valence-electron chi connectivity index (χ2n) is 7.60. The van der Waals surface area contributed by atoms with Gasteiger partial charge in [-0.3, -0.25) is 9.48 Å². The van der Waals surface area contributed by atoms with Crippen LogP contribution in [0.3, 0.4) is 0 Å². The number of nitrogens with zero attached hydrogens (tertiary/aromatic N) is 3. The van der Waals surface area contributed by atoms with E-state index in [-0.39, 0.29) is 17.4 Å². The Balaban J connectivity index is 1.96. The Morgan fingerprint density at radius 2 is 2.30 bits per heavy atom. The highest BCUT2D eigenvalue weighted by atomic mass is 16.2. The third-order valence-electron chi connectivity index (χ3n) is 4.73. The van der Waals surface area contributed by atoms with Gasteiger partial charge in [0.25, 0.3) is 5.91 Å². The van der Waals surface area contributed by atoms with E-state index < -0.39 is 0 Å². The fourth-order valence-corrected chi connectivity index (χ4v) is 3.14. The Morgan fingerprint density at radius 1 is 1.57 bits per heavy atom. The van der Waals surface area contributed by atoms with Crippen LogP contribution < -0.4 is 10.6 Å². The van der Waals surface area contributed by atoms with Gasteiger partial charge in [0.2, 0.25) is 0 Å². The molecule has 0 radical (unpaired) electrons. The molecule has 2 rings (SSSR count). The van der Waals surface area contributed by atoms with Crippen LogP contribution in [0.5, 0.6) is 0 Å². The third kappa shape index (κ3) is 4.78. The van der Waals surface area contributed by atoms with Gasteiger partial charge < -0.3 is 15.5 Å². The fourth-order valence-electron chi connectivity index (χ4n) is 3.14. The summed E-state index contributed by atoms with van der Waals surface area (Å²) < 4.78 is 1.93. The number of nitrogens with one attached hydrogen (secondary N) is 2. The average Bonchev–Trinajstić information content (AvgIpc) is 2.96. The van der Waals surface area contributed by atoms with Gasteiger partial charge in [-0.1, -0.05) is 13.8 Å². The van der Waals surface area contributed by atoms with Crippen LogP contribution in [0.4, 0.5) is 0 Å². The van der Waals surface area contributed by atoms with Crippen molar-refractivity contribution in [3.8, 4) is 0 Å². The zero-order valence-electron chi connectivity index (χ0n) is 15.1. The minimum absolute atomic E-state index is 0.00494. The van der Waals surface area contributed by atoms with Crippen molar-refractivity contribution in [3.05, 3.63) is 18.0 Å². The lowest BCUT2D eigenvalue weighted by Gasteiger charge is -2.34. The number of hydrogen-bond donors (Lipinski definition) is 2. The van der Waals surface area contributed by atoms with E-state index >= 15 is 0 Å². The highest BCUT2D eigenvalue weighted by molar-refractivity contribution is 5.92. The van der Waals surface area contributed by atoms with E-state index in [9.17, 15) is 4.79 Å². The van der Waals surface area contributed by atoms with E-state index in [4.69, 9.17) is 0 Å². The molecule has 2 heterocycles. The summed E-state index contributed by atoms with van der Waals surface area (Å²) in [4.78, 5) is 14.6. The molecule has 1 saturated heterocycles. The summed E-state index contributed by atoms with van der Waals surface area (Å²) in [7, 11) is 4.10. The van der Waals surface area contributed by atoms with Gasteiger partial charge in [-0.25, -0.2) is 0 Å². The van der Waals surface area contributed by atoms with E-state index in [1.807, 2.05) is 16.9 Å². The van der Waals surface area contributed by atoms with Crippen LogP contribution in [0.25, 0.3) is 0 Å². The maximum Gasteiger partial charge on any atom is 0.272 e. The van der Waals surface area contributed by atoms with Crippen LogP contribution >= 0.6 is 0 Å². The molecule has 0 bridgehead atoms. The zero-order chi connectivity index (χ0) is 17.0. The Hall–Kier alpha value is -1.40. The van der Waals surface area contributed by atoms with Crippen molar-refractivity contribution < 1.29 is 4.79 Å². The molecule has 2 unspecified atom stereocenters. The number of rotatable bonds is 6. The highest BCUT2D eigenvalue weighted by Gasteiger charge is 2.28. The van der Waals surface area contributed by atoms with Crippen molar-refractivity contribution in [2.75, 3.05) is 33.7 Å². The molecule has 130 valence electrons. The van der Waals surface area contributed by atoms with E-state index in [0.717, 1.165) is 32.5 Å². The smallest absolute Gasteiger partial charge is 0.272 e. The lowest BCUT2D eigenvalue weighted by Crippen LogP contribution is -2.47. The topological polar surface area (TPSA) is 62.2 Å². The SMILES string of the molecule is CC(NC(=O)c1ccn(C2CCCNC2)n1)C(C)(C)CN(C)C. The summed E-state index contributed by atoms with van der Waals surface area (Å²) in [5, 5.41) is 11.0. The van der Waals surface area contributed by atoms with Gasteiger partial charge >= 0.3 is 0 Å². The zero-order valence-corrected chi connectivity index (χ0v) is 15.1. The van der Waals surface area contributed by atoms with E-state index in [2.05, 4.69) is 55.5 Å². The van der Waals surface area contributed by atoms with Gasteiger partial charge in [-0.2, -0.15) is 5.10 Å². The minimum Gasteiger partial charge on any atom is -0.348 e. The Kier molecular flexibility index (Phi) is 5.81. The summed E-state index contributed by atoms with van der Waals surface area (Å²) in [6.07, 6.45) is 4.19. The predicted octanol–water partition coefficient (Wildman–Crippen LogP) is 1.51. The van der Waals surface area contributed by atoms with Gasteiger partial charge in [0.05, 0.1) is 6.04 Å². The summed E-state index contributed by atoms with van der Waals surface area (Å²) >= 11 is 0. The molecule has 1 aliphatic rings. The fraction of sp³-hybridized carbons (Fsp3) is 0.765. The van der Waals surface area contributed by atoms with Gasteiger partial charge in [-0.05, 0) is 51.9 Å². The van der Waals surface area contributed by atoms with E-state index in [1.54, 1.807) is 0 Å². The molecule has 0 aromatic carbocycles. The van der Waals surface area contributed by atoms with Crippen molar-refractivity contribution >= 4 is 5.91 Å². The largest absolute Gasteiger partial charge is 0.348 e. The number of amides is 1. The van der Waals surface area contributed by atoms with Crippen LogP contribution in [-0.2, 0) is 0 Å². The molecule has 1 fully saturated rings. The lowest BCUT2D eigenvalue weighted by molar-refractivity contribution is 0.0879. The summed E-state index contributed by atoms with van der Waals surface area (Å²) in [6.45, 7) is 9.31. The van der Waals surface area contributed by atoms with E-state index in [0.29, 0.717) is 11.7 Å². The summed E-state index contributed by atoms with van der Waals surface area (Å²) in [6, 6.07) is 2.24. The molecule has 1 amide bonds. The molecule has 23 heavy (non-hydrogen) atoms. The number of carbonyl (C=O) groups is 1. The molecule has 1 aromatic heterocycles. The second-order valence-corrected chi connectivity index (χ2v) is 7.60. The van der Waals surface area contributed by atoms with Crippen LogP contribution in [-0.4, -0.2) is 60.4 Å². The van der Waals surface area contributed by atoms with Crippen molar-refractivity contribution in [1.82, 2.24) is 25.3 Å². The quantitative estimate of drug-likeness (QED) is 0.834. The normalized spacial score (nSPS) is 20.5. The number of carbonyl (C=O) groups excluding carboxylic acids is 1. The first-order valence-electron chi connectivity index (χ1n) is 8.51. The number of piperidine rings is 1. The summed E-state index contributed by atoms with van der Waals surface area (Å²) in [5.41, 5.74) is 0.498. The molecule has 1 aromatic rings. The van der Waals surface area contributed by atoms with Crippen molar-refractivity contribution in [1.29, 1.82) is 0 Å². The lowest BCUT2D eigenvalue weighted by atomic mass is 9.85. The van der Waals surface area contributed by atoms with E-state index in [1.165, 1.54) is 0 Å². The predicted molar refractivity (Wildman–Crippen MR) is 92.6 cm³/mol. The third-order valence-corrected chi connectivity index (χ3v) is 4.73. The summed E-state index contributed by atoms with van der Waals surface area (Å²) in [5.74, 6) is -0.0909. The van der Waals surface area contributed by atoms with Crippen LogP contribution in [0.1, 0.15) is 50.1 Å². The van der Waals surface area contributed by atoms with Crippen LogP contribution in [0.15, 0.2) is 12.3 Å². The molecule has 2 atom stereocenters. The minimum atomic E-state index is -0.0909. The maximum absolute atomic E-state index is 12.5. The average molecular weight is 321 g/mol. The monoisotopic (exact) mass is 321 g/mol. The molecule has 1 aliphatic heterocycles. The first kappa shape index (κ1) is 17.9. The van der Waals surface area contributed by atoms with Gasteiger partial charge in [-0.15, -0.1) is 0 Å². The number of aromatic nitrogens is 2. The van der Waals surface area contributed by atoms with Crippen LogP contribution in [0.2, 0.25) is 0 Å². The van der Waals surface area contributed by atoms with Gasteiger partial charge in [0.1, 0.15) is 5.69 Å². The molecular weight excluding hydrogens is 290 g/mol. The molecule has 0 spiro atoms. The van der Waals surface area contributed by atoms with Crippen molar-refractivity contribution in [2.45, 2.75) is 45.7 Å². The molecule has 2 N–H and O–H groups in total. The second kappa shape index (κ2) is 7.45. The molecule has 0 saturated carbocycles. The van der Waals surface area contributed by atoms with Crippen LogP contribution in [0, 0.1) is 5.41 Å². The highest BCUT2D eigenvalue weighted by Crippen LogP contribution is 2.21. The molecule has 6 heteroatoms. The molecular formula is C17H31N5O. The maximum atomic E-state index is 12.5. The van der Waals surface area contributed by atoms with Gasteiger partial charge in [0, 0.05) is 25.3 Å². The Morgan fingerprint density at radius 3 is 2.91 bits per heavy atom. The van der Waals surface area contributed by atoms with Gasteiger partial charge in [0.15, 0.2) is 0 Å². The number of hydrogen-bond acceptors (Lipinski definition) is 4. The first-order chi connectivity index (χ1) is 10.8.